The molecule has 5 aliphatic rings. The van der Waals surface area contributed by atoms with Gasteiger partial charge in [-0.15, -0.1) is 0 Å². The van der Waals surface area contributed by atoms with Crippen molar-refractivity contribution in [1.29, 1.82) is 0 Å². The number of nitrogens with one attached hydrogen (secondary N) is 2. The predicted octanol–water partition coefficient (Wildman–Crippen LogP) is 1.71. The number of halogens is 1. The standard InChI is InChI=1S/C23H29ClN4O4/c24-17-9-26-15(7-16(17)14-1-2-14)12-31-23-5-3-13(8-23)11-28(23)22(30)20-21(29)27-18-10-25-6-4-19(18)32-20/h7,9,13-14,18-20,25H,1-6,8,10-12H2,(H,27,29). The van der Waals surface area contributed by atoms with Gasteiger partial charge in [0, 0.05) is 19.3 Å². The van der Waals surface area contributed by atoms with Crippen LogP contribution in [0.15, 0.2) is 12.3 Å². The Hall–Kier alpha value is -1.74. The molecule has 2 saturated carbocycles. The lowest BCUT2D eigenvalue weighted by atomic mass is 10.00. The van der Waals surface area contributed by atoms with Crippen LogP contribution in [0.2, 0.25) is 5.02 Å². The highest BCUT2D eigenvalue weighted by Gasteiger charge is 2.56. The molecule has 2 amide bonds. The molecule has 3 aliphatic heterocycles. The normalized spacial score (nSPS) is 36.2. The number of morpholine rings is 1. The minimum Gasteiger partial charge on any atom is -0.353 e. The number of nitrogens with zero attached hydrogens (tertiary/aromatic N) is 2. The summed E-state index contributed by atoms with van der Waals surface area (Å²) in [5, 5.41) is 6.95. The van der Waals surface area contributed by atoms with Gasteiger partial charge in [-0.05, 0) is 68.5 Å². The molecule has 8 nitrogen and oxygen atoms in total. The summed E-state index contributed by atoms with van der Waals surface area (Å²) in [7, 11) is 0. The second-order valence-corrected chi connectivity index (χ2v) is 10.3. The van der Waals surface area contributed by atoms with Crippen LogP contribution in [0.3, 0.4) is 0 Å². The average molecular weight is 461 g/mol. The van der Waals surface area contributed by atoms with Gasteiger partial charge in [-0.2, -0.15) is 0 Å². The number of rotatable bonds is 5. The molecule has 32 heavy (non-hydrogen) atoms. The van der Waals surface area contributed by atoms with Crippen LogP contribution >= 0.6 is 11.6 Å². The van der Waals surface area contributed by atoms with Crippen LogP contribution in [0.1, 0.15) is 55.7 Å². The maximum atomic E-state index is 13.5. The summed E-state index contributed by atoms with van der Waals surface area (Å²) in [5.74, 6) is 0.316. The van der Waals surface area contributed by atoms with Crippen LogP contribution in [0, 0.1) is 5.92 Å². The van der Waals surface area contributed by atoms with Gasteiger partial charge in [-0.25, -0.2) is 0 Å². The molecule has 5 fully saturated rings. The topological polar surface area (TPSA) is 92.8 Å². The Bertz CT molecular complexity index is 941. The number of carbonyl (C=O) groups excluding carboxylic acids is 2. The minimum atomic E-state index is -1.09. The number of amides is 2. The van der Waals surface area contributed by atoms with E-state index in [1.807, 2.05) is 6.07 Å². The Kier molecular flexibility index (Phi) is 5.17. The smallest absolute Gasteiger partial charge is 0.263 e. The second-order valence-electron chi connectivity index (χ2n) is 9.93. The Morgan fingerprint density at radius 3 is 3.03 bits per heavy atom. The summed E-state index contributed by atoms with van der Waals surface area (Å²) in [5.41, 5.74) is 1.29. The highest BCUT2D eigenvalue weighted by atomic mass is 35.5. The van der Waals surface area contributed by atoms with Gasteiger partial charge in [-0.3, -0.25) is 14.6 Å². The molecular weight excluding hydrogens is 432 g/mol. The largest absolute Gasteiger partial charge is 0.353 e. The highest BCUT2D eigenvalue weighted by Crippen LogP contribution is 2.48. The van der Waals surface area contributed by atoms with E-state index in [2.05, 4.69) is 15.6 Å². The van der Waals surface area contributed by atoms with Crippen LogP contribution in [-0.4, -0.2) is 65.3 Å². The van der Waals surface area contributed by atoms with E-state index in [1.165, 1.54) is 12.8 Å². The Morgan fingerprint density at radius 2 is 2.22 bits per heavy atom. The van der Waals surface area contributed by atoms with Crippen molar-refractivity contribution >= 4 is 23.4 Å². The summed E-state index contributed by atoms with van der Waals surface area (Å²) < 4.78 is 12.5. The fourth-order valence-electron chi connectivity index (χ4n) is 5.85. The monoisotopic (exact) mass is 460 g/mol. The van der Waals surface area contributed by atoms with Gasteiger partial charge in [0.25, 0.3) is 11.8 Å². The van der Waals surface area contributed by atoms with Gasteiger partial charge in [-0.1, -0.05) is 11.6 Å². The van der Waals surface area contributed by atoms with Crippen LogP contribution in [0.4, 0.5) is 0 Å². The lowest BCUT2D eigenvalue weighted by Crippen LogP contribution is -2.66. The fourth-order valence-corrected chi connectivity index (χ4v) is 6.11. The number of pyridine rings is 1. The van der Waals surface area contributed by atoms with Gasteiger partial charge >= 0.3 is 0 Å². The van der Waals surface area contributed by atoms with E-state index < -0.39 is 11.8 Å². The van der Waals surface area contributed by atoms with Crippen molar-refractivity contribution in [1.82, 2.24) is 20.5 Å². The number of fused-ring (bicyclic) bond motifs is 3. The molecule has 5 atom stereocenters. The summed E-state index contributed by atoms with van der Waals surface area (Å²) in [6.45, 7) is 2.44. The molecule has 2 aliphatic carbocycles. The summed E-state index contributed by atoms with van der Waals surface area (Å²) in [6, 6.07) is 1.97. The fraction of sp³-hybridized carbons (Fsp3) is 0.696. The van der Waals surface area contributed by atoms with Crippen molar-refractivity contribution in [2.75, 3.05) is 19.6 Å². The van der Waals surface area contributed by atoms with Crippen LogP contribution in [-0.2, 0) is 25.7 Å². The van der Waals surface area contributed by atoms with E-state index in [4.69, 9.17) is 21.1 Å². The Morgan fingerprint density at radius 1 is 1.34 bits per heavy atom. The number of piperidine rings is 2. The average Bonchev–Trinajstić information content (AvgIpc) is 3.48. The zero-order valence-electron chi connectivity index (χ0n) is 18.0. The number of hydrogen-bond acceptors (Lipinski definition) is 6. The molecule has 6 rings (SSSR count). The molecule has 2 bridgehead atoms. The van der Waals surface area contributed by atoms with Crippen molar-refractivity contribution in [3.05, 3.63) is 28.5 Å². The second kappa shape index (κ2) is 7.94. The predicted molar refractivity (Wildman–Crippen MR) is 116 cm³/mol. The molecule has 9 heteroatoms. The molecule has 0 aromatic carbocycles. The van der Waals surface area contributed by atoms with Gasteiger partial charge in [0.05, 0.1) is 29.5 Å². The van der Waals surface area contributed by atoms with Crippen LogP contribution < -0.4 is 10.6 Å². The summed E-state index contributed by atoms with van der Waals surface area (Å²) in [4.78, 5) is 32.4. The number of ether oxygens (including phenoxy) is 2. The maximum absolute atomic E-state index is 13.5. The van der Waals surface area contributed by atoms with Gasteiger partial charge < -0.3 is 25.0 Å². The van der Waals surface area contributed by atoms with Crippen LogP contribution in [0.5, 0.6) is 0 Å². The first-order valence-electron chi connectivity index (χ1n) is 11.8. The van der Waals surface area contributed by atoms with Crippen molar-refractivity contribution in [2.45, 2.75) is 75.0 Å². The quantitative estimate of drug-likeness (QED) is 0.650. The molecule has 0 radical (unpaired) electrons. The zero-order chi connectivity index (χ0) is 21.9. The number of aromatic nitrogens is 1. The lowest BCUT2D eigenvalue weighted by Gasteiger charge is -2.43. The first-order valence-corrected chi connectivity index (χ1v) is 12.2. The maximum Gasteiger partial charge on any atom is 0.263 e. The molecule has 1 aromatic rings. The molecule has 1 aromatic heterocycles. The van der Waals surface area contributed by atoms with Gasteiger partial charge in [0.15, 0.2) is 0 Å². The number of carbonyl (C=O) groups is 2. The Balaban J connectivity index is 1.17. The Labute approximate surface area is 192 Å². The minimum absolute atomic E-state index is 0.0721. The lowest BCUT2D eigenvalue weighted by molar-refractivity contribution is -0.190. The zero-order valence-corrected chi connectivity index (χ0v) is 18.8. The van der Waals surface area contributed by atoms with Crippen molar-refractivity contribution in [2.24, 2.45) is 5.92 Å². The molecule has 5 unspecified atom stereocenters. The van der Waals surface area contributed by atoms with E-state index in [-0.39, 0.29) is 24.0 Å². The third-order valence-corrected chi connectivity index (χ3v) is 8.03. The first kappa shape index (κ1) is 20.8. The summed E-state index contributed by atoms with van der Waals surface area (Å²) >= 11 is 6.32. The number of hydrogen-bond donors (Lipinski definition) is 2. The molecule has 172 valence electrons. The molecular formula is C23H29ClN4O4. The van der Waals surface area contributed by atoms with E-state index in [1.54, 1.807) is 11.1 Å². The van der Waals surface area contributed by atoms with Gasteiger partial charge in [0.2, 0.25) is 6.10 Å². The van der Waals surface area contributed by atoms with Crippen molar-refractivity contribution in [3.63, 3.8) is 0 Å². The number of likely N-dealkylation sites (tertiary alicyclic amines) is 1. The van der Waals surface area contributed by atoms with Gasteiger partial charge in [0.1, 0.15) is 5.72 Å². The molecule has 0 spiro atoms. The summed E-state index contributed by atoms with van der Waals surface area (Å²) in [6.07, 6.45) is 6.20. The third-order valence-electron chi connectivity index (χ3n) is 7.72. The van der Waals surface area contributed by atoms with Crippen molar-refractivity contribution < 1.29 is 19.1 Å². The molecule has 2 N–H and O–H groups in total. The van der Waals surface area contributed by atoms with E-state index in [9.17, 15) is 9.59 Å². The first-order chi connectivity index (χ1) is 15.5. The van der Waals surface area contributed by atoms with E-state index in [0.717, 1.165) is 43.5 Å². The molecule has 3 saturated heterocycles. The van der Waals surface area contributed by atoms with Crippen LogP contribution in [0.25, 0.3) is 0 Å². The highest BCUT2D eigenvalue weighted by molar-refractivity contribution is 6.31. The van der Waals surface area contributed by atoms with Crippen molar-refractivity contribution in [3.8, 4) is 0 Å². The van der Waals surface area contributed by atoms with E-state index >= 15 is 0 Å². The third kappa shape index (κ3) is 3.61. The van der Waals surface area contributed by atoms with E-state index in [0.29, 0.717) is 36.6 Å². The molecule has 4 heterocycles. The SMILES string of the molecule is O=C1NC2CNCCC2OC1C(=O)N1CC2CCC1(OCc1cc(C3CC3)c(Cl)cn1)C2.